The summed E-state index contributed by atoms with van der Waals surface area (Å²) in [6.45, 7) is 10.0. The van der Waals surface area contributed by atoms with Crippen LogP contribution in [0.15, 0.2) is 0 Å². The normalized spacial score (nSPS) is 12.5. The van der Waals surface area contributed by atoms with Gasteiger partial charge in [-0.3, -0.25) is 0 Å². The fourth-order valence-corrected chi connectivity index (χ4v) is 0.713. The number of aliphatic hydroxyl groups excluding tert-OH is 1. The van der Waals surface area contributed by atoms with Gasteiger partial charge < -0.3 is 9.84 Å². The van der Waals surface area contributed by atoms with E-state index in [2.05, 4.69) is 13.8 Å². The van der Waals surface area contributed by atoms with Crippen LogP contribution >= 0.6 is 0 Å². The van der Waals surface area contributed by atoms with Crippen molar-refractivity contribution in [2.45, 2.75) is 34.1 Å². The lowest BCUT2D eigenvalue weighted by Crippen LogP contribution is -2.24. The summed E-state index contributed by atoms with van der Waals surface area (Å²) in [5, 5.41) is 8.92. The molecular formula is C10H22O2. The van der Waals surface area contributed by atoms with E-state index in [1.54, 1.807) is 0 Å². The zero-order valence-corrected chi connectivity index (χ0v) is 8.76. The highest BCUT2D eigenvalue weighted by molar-refractivity contribution is 4.65. The predicted molar refractivity (Wildman–Crippen MR) is 51.1 cm³/mol. The lowest BCUT2D eigenvalue weighted by molar-refractivity contribution is 0.0241. The summed E-state index contributed by atoms with van der Waals surface area (Å²) in [6, 6.07) is 0. The Hall–Kier alpha value is -0.0800. The summed E-state index contributed by atoms with van der Waals surface area (Å²) in [5.41, 5.74) is -0.0863. The van der Waals surface area contributed by atoms with E-state index in [9.17, 15) is 0 Å². The monoisotopic (exact) mass is 174 g/mol. The highest BCUT2D eigenvalue weighted by Gasteiger charge is 2.16. The summed E-state index contributed by atoms with van der Waals surface area (Å²) in [6.07, 6.45) is 1.10. The Bertz CT molecular complexity index is 108. The molecule has 0 aliphatic heterocycles. The number of hydrogen-bond donors (Lipinski definition) is 1. The van der Waals surface area contributed by atoms with Crippen LogP contribution < -0.4 is 0 Å². The molecule has 1 N–H and O–H groups in total. The van der Waals surface area contributed by atoms with Crippen molar-refractivity contribution in [2.24, 2.45) is 11.3 Å². The second-order valence-corrected chi connectivity index (χ2v) is 4.56. The molecule has 0 amide bonds. The molecule has 0 aromatic rings. The number of rotatable bonds is 6. The summed E-state index contributed by atoms with van der Waals surface area (Å²) >= 11 is 0. The van der Waals surface area contributed by atoms with E-state index in [1.807, 2.05) is 13.8 Å². The lowest BCUT2D eigenvalue weighted by atomic mass is 9.96. The standard InChI is InChI=1S/C10H22O2/c1-9(2)5-6-12-8-10(3,4)7-11/h9,11H,5-8H2,1-4H3. The molecule has 0 unspecified atom stereocenters. The van der Waals surface area contributed by atoms with Crippen LogP contribution in [-0.4, -0.2) is 24.9 Å². The zero-order valence-electron chi connectivity index (χ0n) is 8.76. The molecule has 2 nitrogen and oxygen atoms in total. The van der Waals surface area contributed by atoms with Crippen molar-refractivity contribution < 1.29 is 9.84 Å². The molecule has 2 heteroatoms. The third kappa shape index (κ3) is 6.62. The molecule has 0 saturated carbocycles. The average Bonchev–Trinajstić information content (AvgIpc) is 1.98. The Morgan fingerprint density at radius 2 is 1.92 bits per heavy atom. The van der Waals surface area contributed by atoms with Gasteiger partial charge in [0, 0.05) is 12.0 Å². The quantitative estimate of drug-likeness (QED) is 0.625. The second kappa shape index (κ2) is 5.55. The van der Waals surface area contributed by atoms with Crippen LogP contribution in [-0.2, 0) is 4.74 Å². The first-order valence-electron chi connectivity index (χ1n) is 4.66. The molecular weight excluding hydrogens is 152 g/mol. The van der Waals surface area contributed by atoms with Gasteiger partial charge in [-0.1, -0.05) is 27.7 Å². The topological polar surface area (TPSA) is 29.5 Å². The number of ether oxygens (including phenoxy) is 1. The molecule has 0 aromatic heterocycles. The van der Waals surface area contributed by atoms with Gasteiger partial charge in [-0.15, -0.1) is 0 Å². The fourth-order valence-electron chi connectivity index (χ4n) is 0.713. The first-order valence-corrected chi connectivity index (χ1v) is 4.66. The Morgan fingerprint density at radius 3 is 2.33 bits per heavy atom. The summed E-state index contributed by atoms with van der Waals surface area (Å²) in [7, 11) is 0. The minimum absolute atomic E-state index is 0.0863. The Morgan fingerprint density at radius 1 is 1.33 bits per heavy atom. The Balaban J connectivity index is 3.31. The molecule has 0 saturated heterocycles. The Labute approximate surface area is 75.9 Å². The van der Waals surface area contributed by atoms with E-state index in [1.165, 1.54) is 0 Å². The van der Waals surface area contributed by atoms with Crippen molar-refractivity contribution in [3.8, 4) is 0 Å². The zero-order chi connectivity index (χ0) is 9.61. The van der Waals surface area contributed by atoms with Crippen LogP contribution in [0.1, 0.15) is 34.1 Å². The first-order chi connectivity index (χ1) is 5.48. The van der Waals surface area contributed by atoms with Gasteiger partial charge in [0.05, 0.1) is 13.2 Å². The molecule has 0 radical (unpaired) electrons. The molecule has 0 aromatic carbocycles. The average molecular weight is 174 g/mol. The van der Waals surface area contributed by atoms with Crippen LogP contribution in [0.2, 0.25) is 0 Å². The second-order valence-electron chi connectivity index (χ2n) is 4.56. The highest BCUT2D eigenvalue weighted by atomic mass is 16.5. The van der Waals surface area contributed by atoms with E-state index >= 15 is 0 Å². The van der Waals surface area contributed by atoms with Crippen LogP contribution in [0, 0.1) is 11.3 Å². The number of hydrogen-bond acceptors (Lipinski definition) is 2. The van der Waals surface area contributed by atoms with Crippen LogP contribution in [0.4, 0.5) is 0 Å². The van der Waals surface area contributed by atoms with Gasteiger partial charge in [-0.2, -0.15) is 0 Å². The van der Waals surface area contributed by atoms with Gasteiger partial charge in [0.1, 0.15) is 0 Å². The van der Waals surface area contributed by atoms with Crippen molar-refractivity contribution in [2.75, 3.05) is 19.8 Å². The van der Waals surface area contributed by atoms with Gasteiger partial charge in [0.2, 0.25) is 0 Å². The lowest BCUT2D eigenvalue weighted by Gasteiger charge is -2.21. The van der Waals surface area contributed by atoms with E-state index in [4.69, 9.17) is 9.84 Å². The van der Waals surface area contributed by atoms with Gasteiger partial charge >= 0.3 is 0 Å². The van der Waals surface area contributed by atoms with E-state index in [0.29, 0.717) is 12.5 Å². The molecule has 0 rings (SSSR count). The van der Waals surface area contributed by atoms with E-state index in [0.717, 1.165) is 13.0 Å². The molecule has 0 spiro atoms. The van der Waals surface area contributed by atoms with Crippen molar-refractivity contribution in [1.29, 1.82) is 0 Å². The maximum Gasteiger partial charge on any atom is 0.0539 e. The van der Waals surface area contributed by atoms with Crippen LogP contribution in [0.25, 0.3) is 0 Å². The molecule has 0 aliphatic rings. The molecule has 0 heterocycles. The third-order valence-corrected chi connectivity index (χ3v) is 1.76. The SMILES string of the molecule is CC(C)CCOCC(C)(C)CO. The van der Waals surface area contributed by atoms with Gasteiger partial charge in [-0.05, 0) is 12.3 Å². The molecule has 0 aliphatic carbocycles. The first kappa shape index (κ1) is 11.9. The van der Waals surface area contributed by atoms with Crippen molar-refractivity contribution in [3.05, 3.63) is 0 Å². The maximum atomic E-state index is 8.92. The summed E-state index contributed by atoms with van der Waals surface area (Å²) in [4.78, 5) is 0. The molecule has 0 bridgehead atoms. The van der Waals surface area contributed by atoms with Crippen molar-refractivity contribution in [3.63, 3.8) is 0 Å². The molecule has 0 atom stereocenters. The minimum atomic E-state index is -0.0863. The van der Waals surface area contributed by atoms with E-state index in [-0.39, 0.29) is 12.0 Å². The number of aliphatic hydroxyl groups is 1. The van der Waals surface area contributed by atoms with E-state index < -0.39 is 0 Å². The van der Waals surface area contributed by atoms with Crippen LogP contribution in [0.5, 0.6) is 0 Å². The summed E-state index contributed by atoms with van der Waals surface area (Å²) in [5.74, 6) is 0.697. The van der Waals surface area contributed by atoms with Gasteiger partial charge in [-0.25, -0.2) is 0 Å². The Kier molecular flexibility index (Phi) is 5.51. The highest BCUT2D eigenvalue weighted by Crippen LogP contribution is 2.14. The predicted octanol–water partition coefficient (Wildman–Crippen LogP) is 2.07. The van der Waals surface area contributed by atoms with Gasteiger partial charge in [0.15, 0.2) is 0 Å². The van der Waals surface area contributed by atoms with Crippen LogP contribution in [0.3, 0.4) is 0 Å². The largest absolute Gasteiger partial charge is 0.396 e. The van der Waals surface area contributed by atoms with Gasteiger partial charge in [0.25, 0.3) is 0 Å². The molecule has 12 heavy (non-hydrogen) atoms. The van der Waals surface area contributed by atoms with Crippen molar-refractivity contribution >= 4 is 0 Å². The molecule has 74 valence electrons. The molecule has 0 fully saturated rings. The summed E-state index contributed by atoms with van der Waals surface area (Å²) < 4.78 is 5.44. The maximum absolute atomic E-state index is 8.92. The fraction of sp³-hybridized carbons (Fsp3) is 1.00. The minimum Gasteiger partial charge on any atom is -0.396 e. The van der Waals surface area contributed by atoms with Crippen molar-refractivity contribution in [1.82, 2.24) is 0 Å². The third-order valence-electron chi connectivity index (χ3n) is 1.76. The smallest absolute Gasteiger partial charge is 0.0539 e.